The number of hydrogen-bond donors (Lipinski definition) is 1. The molecule has 2 rings (SSSR count). The van der Waals surface area contributed by atoms with E-state index >= 15 is 0 Å². The minimum atomic E-state index is -0.459. The van der Waals surface area contributed by atoms with Crippen molar-refractivity contribution in [3.8, 4) is 5.75 Å². The number of halogens is 1. The van der Waals surface area contributed by atoms with Gasteiger partial charge in [0.1, 0.15) is 5.75 Å². The lowest BCUT2D eigenvalue weighted by molar-refractivity contribution is -0.119. The summed E-state index contributed by atoms with van der Waals surface area (Å²) in [6, 6.07) is 5.56. The molecule has 2 N–H and O–H groups in total. The molecule has 0 aromatic heterocycles. The quantitative estimate of drug-likeness (QED) is 0.910. The Morgan fingerprint density at radius 1 is 1.33 bits per heavy atom. The summed E-state index contributed by atoms with van der Waals surface area (Å²) in [5.74, 6) is 0.768. The number of rotatable bonds is 4. The van der Waals surface area contributed by atoms with Crippen molar-refractivity contribution in [1.29, 1.82) is 0 Å². The molecule has 1 aliphatic rings. The topological polar surface area (TPSA) is 52.3 Å². The van der Waals surface area contributed by atoms with Crippen molar-refractivity contribution in [2.75, 3.05) is 6.61 Å². The molecular formula is C14H18ClNO2. The van der Waals surface area contributed by atoms with Crippen LogP contribution in [0.4, 0.5) is 0 Å². The number of amides is 1. The van der Waals surface area contributed by atoms with Crippen molar-refractivity contribution < 1.29 is 9.53 Å². The molecule has 0 saturated heterocycles. The van der Waals surface area contributed by atoms with Gasteiger partial charge < -0.3 is 10.5 Å². The number of hydrogen-bond acceptors (Lipinski definition) is 2. The van der Waals surface area contributed by atoms with E-state index < -0.39 is 5.91 Å². The number of carbonyl (C=O) groups is 1. The zero-order chi connectivity index (χ0) is 13.0. The van der Waals surface area contributed by atoms with Crippen molar-refractivity contribution >= 4 is 17.5 Å². The molecule has 0 radical (unpaired) electrons. The Bertz CT molecular complexity index is 428. The van der Waals surface area contributed by atoms with E-state index in [0.717, 1.165) is 24.2 Å². The van der Waals surface area contributed by atoms with Gasteiger partial charge in [-0.1, -0.05) is 30.9 Å². The SMILES string of the molecule is NC(=O)COc1ccc(Cl)cc1C1CCCCC1. The highest BCUT2D eigenvalue weighted by Crippen LogP contribution is 2.38. The Kier molecular flexibility index (Phi) is 4.48. The highest BCUT2D eigenvalue weighted by atomic mass is 35.5. The second-order valence-corrected chi connectivity index (χ2v) is 5.21. The van der Waals surface area contributed by atoms with Crippen LogP contribution >= 0.6 is 11.6 Å². The van der Waals surface area contributed by atoms with E-state index in [1.54, 1.807) is 6.07 Å². The lowest BCUT2D eigenvalue weighted by Gasteiger charge is -2.24. The van der Waals surface area contributed by atoms with E-state index in [1.165, 1.54) is 19.3 Å². The summed E-state index contributed by atoms with van der Waals surface area (Å²) in [6.45, 7) is -0.0820. The van der Waals surface area contributed by atoms with Gasteiger partial charge >= 0.3 is 0 Å². The smallest absolute Gasteiger partial charge is 0.255 e. The molecule has 0 heterocycles. The normalized spacial score (nSPS) is 16.5. The summed E-state index contributed by atoms with van der Waals surface area (Å²) in [7, 11) is 0. The molecule has 0 aliphatic heterocycles. The van der Waals surface area contributed by atoms with E-state index in [-0.39, 0.29) is 6.61 Å². The lowest BCUT2D eigenvalue weighted by atomic mass is 9.84. The molecule has 0 spiro atoms. The van der Waals surface area contributed by atoms with Gasteiger partial charge in [-0.25, -0.2) is 0 Å². The molecule has 0 atom stereocenters. The van der Waals surface area contributed by atoms with E-state index in [4.69, 9.17) is 22.1 Å². The van der Waals surface area contributed by atoms with Crippen molar-refractivity contribution in [3.05, 3.63) is 28.8 Å². The predicted octanol–water partition coefficient (Wildman–Crippen LogP) is 3.25. The first-order valence-electron chi connectivity index (χ1n) is 6.37. The average Bonchev–Trinajstić information content (AvgIpc) is 2.38. The molecule has 1 saturated carbocycles. The third-order valence-corrected chi connectivity index (χ3v) is 3.62. The molecule has 0 unspecified atom stereocenters. The van der Waals surface area contributed by atoms with E-state index in [2.05, 4.69) is 0 Å². The van der Waals surface area contributed by atoms with Gasteiger partial charge in [0.05, 0.1) is 0 Å². The fraction of sp³-hybridized carbons (Fsp3) is 0.500. The third kappa shape index (κ3) is 3.39. The molecule has 4 heteroatoms. The maximum absolute atomic E-state index is 10.8. The van der Waals surface area contributed by atoms with Gasteiger partial charge in [0.15, 0.2) is 6.61 Å². The average molecular weight is 268 g/mol. The lowest BCUT2D eigenvalue weighted by Crippen LogP contribution is -2.20. The Balaban J connectivity index is 2.19. The maximum atomic E-state index is 10.8. The molecule has 3 nitrogen and oxygen atoms in total. The standard InChI is InChI=1S/C14H18ClNO2/c15-11-6-7-13(18-9-14(16)17)12(8-11)10-4-2-1-3-5-10/h6-8,10H,1-5,9H2,(H2,16,17). The summed E-state index contributed by atoms with van der Waals surface area (Å²) in [5, 5.41) is 0.710. The van der Waals surface area contributed by atoms with Crippen LogP contribution in [0.5, 0.6) is 5.75 Å². The monoisotopic (exact) mass is 267 g/mol. The molecule has 1 aliphatic carbocycles. The molecule has 98 valence electrons. The van der Waals surface area contributed by atoms with Crippen molar-refractivity contribution in [3.63, 3.8) is 0 Å². The Morgan fingerprint density at radius 3 is 2.72 bits per heavy atom. The first-order valence-corrected chi connectivity index (χ1v) is 6.75. The second-order valence-electron chi connectivity index (χ2n) is 4.77. The summed E-state index contributed by atoms with van der Waals surface area (Å²) < 4.78 is 5.47. The van der Waals surface area contributed by atoms with Crippen LogP contribution in [0.2, 0.25) is 5.02 Å². The van der Waals surface area contributed by atoms with Gasteiger partial charge in [-0.05, 0) is 42.5 Å². The van der Waals surface area contributed by atoms with Crippen molar-refractivity contribution in [1.82, 2.24) is 0 Å². The molecule has 0 bridgehead atoms. The number of nitrogens with two attached hydrogens (primary N) is 1. The summed E-state index contributed by atoms with van der Waals surface area (Å²) in [5.41, 5.74) is 6.22. The highest BCUT2D eigenvalue weighted by Gasteiger charge is 2.19. The first kappa shape index (κ1) is 13.2. The van der Waals surface area contributed by atoms with Crippen LogP contribution in [-0.4, -0.2) is 12.5 Å². The van der Waals surface area contributed by atoms with Crippen LogP contribution < -0.4 is 10.5 Å². The van der Waals surface area contributed by atoms with Crippen LogP contribution in [0.1, 0.15) is 43.6 Å². The molecular weight excluding hydrogens is 250 g/mol. The number of carbonyl (C=O) groups excluding carboxylic acids is 1. The van der Waals surface area contributed by atoms with E-state index in [9.17, 15) is 4.79 Å². The summed E-state index contributed by atoms with van der Waals surface area (Å²) in [4.78, 5) is 10.8. The Hall–Kier alpha value is -1.22. The maximum Gasteiger partial charge on any atom is 0.255 e. The van der Waals surface area contributed by atoms with Gasteiger partial charge in [-0.2, -0.15) is 0 Å². The van der Waals surface area contributed by atoms with Crippen LogP contribution in [0.25, 0.3) is 0 Å². The molecule has 1 amide bonds. The van der Waals surface area contributed by atoms with Crippen LogP contribution in [0.15, 0.2) is 18.2 Å². The van der Waals surface area contributed by atoms with Crippen molar-refractivity contribution in [2.45, 2.75) is 38.0 Å². The number of ether oxygens (including phenoxy) is 1. The van der Waals surface area contributed by atoms with Gasteiger partial charge in [-0.3, -0.25) is 4.79 Å². The molecule has 1 aromatic carbocycles. The Labute approximate surface area is 112 Å². The fourth-order valence-electron chi connectivity index (χ4n) is 2.53. The number of primary amides is 1. The summed E-state index contributed by atoms with van der Waals surface area (Å²) >= 11 is 6.05. The van der Waals surface area contributed by atoms with Gasteiger partial charge in [0.25, 0.3) is 5.91 Å². The van der Waals surface area contributed by atoms with Gasteiger partial charge in [0.2, 0.25) is 0 Å². The highest BCUT2D eigenvalue weighted by molar-refractivity contribution is 6.30. The van der Waals surface area contributed by atoms with Crippen molar-refractivity contribution in [2.24, 2.45) is 5.73 Å². The van der Waals surface area contributed by atoms with Gasteiger partial charge in [0, 0.05) is 5.02 Å². The molecule has 18 heavy (non-hydrogen) atoms. The molecule has 1 aromatic rings. The van der Waals surface area contributed by atoms with Crippen LogP contribution in [-0.2, 0) is 4.79 Å². The minimum absolute atomic E-state index is 0.0820. The van der Waals surface area contributed by atoms with Crippen LogP contribution in [0, 0.1) is 0 Å². The fourth-order valence-corrected chi connectivity index (χ4v) is 2.71. The van der Waals surface area contributed by atoms with Crippen LogP contribution in [0.3, 0.4) is 0 Å². The second kappa shape index (κ2) is 6.10. The van der Waals surface area contributed by atoms with Gasteiger partial charge in [-0.15, -0.1) is 0 Å². The zero-order valence-corrected chi connectivity index (χ0v) is 11.1. The third-order valence-electron chi connectivity index (χ3n) is 3.39. The Morgan fingerprint density at radius 2 is 2.06 bits per heavy atom. The van der Waals surface area contributed by atoms with E-state index in [1.807, 2.05) is 12.1 Å². The largest absolute Gasteiger partial charge is 0.483 e. The first-order chi connectivity index (χ1) is 8.66. The summed E-state index contributed by atoms with van der Waals surface area (Å²) in [6.07, 6.45) is 6.11. The van der Waals surface area contributed by atoms with E-state index in [0.29, 0.717) is 10.9 Å². The predicted molar refractivity (Wildman–Crippen MR) is 72.0 cm³/mol. The molecule has 1 fully saturated rings. The number of benzene rings is 1. The minimum Gasteiger partial charge on any atom is -0.483 e. The zero-order valence-electron chi connectivity index (χ0n) is 10.3.